The number of hydrogen-bond donors (Lipinski definition) is 0. The van der Waals surface area contributed by atoms with Gasteiger partial charge < -0.3 is 4.57 Å². The number of hydrogen-bond acceptors (Lipinski definition) is 2. The summed E-state index contributed by atoms with van der Waals surface area (Å²) >= 11 is 0. The van der Waals surface area contributed by atoms with Gasteiger partial charge in [0.05, 0.1) is 5.92 Å². The van der Waals surface area contributed by atoms with Crippen LogP contribution in [0.1, 0.15) is 38.9 Å². The van der Waals surface area contributed by atoms with Crippen LogP contribution in [-0.2, 0) is 11.3 Å². The Morgan fingerprint density at radius 1 is 1.62 bits per heavy atom. The van der Waals surface area contributed by atoms with E-state index in [1.54, 1.807) is 13.1 Å². The summed E-state index contributed by atoms with van der Waals surface area (Å²) in [6.07, 6.45) is 4.50. The van der Waals surface area contributed by atoms with Crippen molar-refractivity contribution in [2.45, 2.75) is 39.7 Å². The van der Waals surface area contributed by atoms with Crippen LogP contribution in [0.15, 0.2) is 12.4 Å². The van der Waals surface area contributed by atoms with E-state index in [1.807, 2.05) is 17.7 Å². The van der Waals surface area contributed by atoms with Crippen molar-refractivity contribution in [3.05, 3.63) is 18.2 Å². The molecule has 3 heteroatoms. The fourth-order valence-electron chi connectivity index (χ4n) is 1.55. The number of aryl methyl sites for hydroxylation is 1. The molecule has 1 rings (SSSR count). The topological polar surface area (TPSA) is 34.9 Å². The Hall–Kier alpha value is -1.12. The van der Waals surface area contributed by atoms with Crippen molar-refractivity contribution in [3.8, 4) is 0 Å². The normalized spacial score (nSPS) is 12.8. The summed E-state index contributed by atoms with van der Waals surface area (Å²) in [5.74, 6) is 1.07. The van der Waals surface area contributed by atoms with Crippen molar-refractivity contribution in [1.29, 1.82) is 0 Å². The van der Waals surface area contributed by atoms with Crippen LogP contribution in [0.2, 0.25) is 0 Å². The number of rotatable bonds is 4. The van der Waals surface area contributed by atoms with Crippen LogP contribution in [0.25, 0.3) is 0 Å². The Labute approximate surface area is 78.8 Å². The Morgan fingerprint density at radius 3 is 2.77 bits per heavy atom. The summed E-state index contributed by atoms with van der Waals surface area (Å²) in [6.45, 7) is 6.57. The molecular formula is C10H16N2O. The third-order valence-corrected chi connectivity index (χ3v) is 2.30. The van der Waals surface area contributed by atoms with Crippen LogP contribution in [0, 0.1) is 0 Å². The summed E-state index contributed by atoms with van der Waals surface area (Å²) < 4.78 is 2.02. The molecule has 0 amide bonds. The van der Waals surface area contributed by atoms with E-state index in [0.29, 0.717) is 0 Å². The van der Waals surface area contributed by atoms with Crippen LogP contribution in [0.3, 0.4) is 0 Å². The van der Waals surface area contributed by atoms with E-state index in [1.165, 1.54) is 0 Å². The van der Waals surface area contributed by atoms with Crippen LogP contribution in [-0.4, -0.2) is 15.3 Å². The Kier molecular flexibility index (Phi) is 3.23. The van der Waals surface area contributed by atoms with Crippen molar-refractivity contribution in [2.24, 2.45) is 0 Å². The molecule has 0 saturated heterocycles. The molecular weight excluding hydrogens is 164 g/mol. The van der Waals surface area contributed by atoms with E-state index < -0.39 is 0 Å². The molecule has 1 atom stereocenters. The predicted molar refractivity (Wildman–Crippen MR) is 51.6 cm³/mol. The minimum absolute atomic E-state index is 0.0325. The van der Waals surface area contributed by atoms with E-state index in [0.717, 1.165) is 18.8 Å². The molecule has 0 bridgehead atoms. The average Bonchev–Trinajstić information content (AvgIpc) is 2.53. The van der Waals surface area contributed by atoms with Gasteiger partial charge in [-0.05, 0) is 20.3 Å². The lowest BCUT2D eigenvalue weighted by Crippen LogP contribution is -2.14. The van der Waals surface area contributed by atoms with Crippen LogP contribution in [0.5, 0.6) is 0 Å². The Balaban J connectivity index is 2.96. The number of aromatic nitrogens is 2. The highest BCUT2D eigenvalue weighted by atomic mass is 16.1. The fourth-order valence-corrected chi connectivity index (χ4v) is 1.55. The molecule has 72 valence electrons. The highest BCUT2D eigenvalue weighted by molar-refractivity contribution is 5.82. The smallest absolute Gasteiger partial charge is 0.140 e. The Morgan fingerprint density at radius 2 is 2.31 bits per heavy atom. The Bertz CT molecular complexity index is 291. The molecule has 0 radical (unpaired) electrons. The highest BCUT2D eigenvalue weighted by Gasteiger charge is 2.18. The molecule has 0 aromatic carbocycles. The maximum atomic E-state index is 11.3. The molecule has 0 aliphatic carbocycles. The second kappa shape index (κ2) is 4.21. The predicted octanol–water partition coefficient (Wildman–Crippen LogP) is 1.99. The molecule has 1 aromatic rings. The van der Waals surface area contributed by atoms with E-state index in [4.69, 9.17) is 0 Å². The zero-order valence-electron chi connectivity index (χ0n) is 8.45. The largest absolute Gasteiger partial charge is 0.335 e. The van der Waals surface area contributed by atoms with E-state index >= 15 is 0 Å². The molecule has 1 aromatic heterocycles. The molecule has 0 aliphatic heterocycles. The molecule has 0 fully saturated rings. The van der Waals surface area contributed by atoms with Gasteiger partial charge in [0.25, 0.3) is 0 Å². The maximum Gasteiger partial charge on any atom is 0.140 e. The number of Topliss-reactive ketones (excluding diaryl/α,β-unsaturated/α-hetero) is 1. The van der Waals surface area contributed by atoms with Crippen molar-refractivity contribution in [3.63, 3.8) is 0 Å². The monoisotopic (exact) mass is 180 g/mol. The first-order valence-corrected chi connectivity index (χ1v) is 4.72. The average molecular weight is 180 g/mol. The third kappa shape index (κ3) is 1.97. The van der Waals surface area contributed by atoms with Gasteiger partial charge in [0.1, 0.15) is 11.6 Å². The molecule has 0 N–H and O–H groups in total. The van der Waals surface area contributed by atoms with Crippen LogP contribution >= 0.6 is 0 Å². The standard InChI is InChI=1S/C10H16N2O/c1-4-9(8(3)13)10-11-6-7-12(10)5-2/h6-7,9H,4-5H2,1-3H3. The lowest BCUT2D eigenvalue weighted by Gasteiger charge is -2.12. The zero-order valence-corrected chi connectivity index (χ0v) is 8.45. The lowest BCUT2D eigenvalue weighted by atomic mass is 10.0. The minimum atomic E-state index is -0.0325. The van der Waals surface area contributed by atoms with Crippen LogP contribution in [0.4, 0.5) is 0 Å². The van der Waals surface area contributed by atoms with Gasteiger partial charge in [-0.25, -0.2) is 4.98 Å². The van der Waals surface area contributed by atoms with Crippen molar-refractivity contribution in [2.75, 3.05) is 0 Å². The summed E-state index contributed by atoms with van der Waals surface area (Å²) in [7, 11) is 0. The van der Waals surface area contributed by atoms with Gasteiger partial charge in [-0.1, -0.05) is 6.92 Å². The summed E-state index contributed by atoms with van der Waals surface area (Å²) in [5, 5.41) is 0. The number of imidazole rings is 1. The first-order chi connectivity index (χ1) is 6.20. The van der Waals surface area contributed by atoms with Gasteiger partial charge in [0.2, 0.25) is 0 Å². The van der Waals surface area contributed by atoms with Gasteiger partial charge >= 0.3 is 0 Å². The van der Waals surface area contributed by atoms with Crippen LogP contribution < -0.4 is 0 Å². The molecule has 1 unspecified atom stereocenters. The van der Waals surface area contributed by atoms with Gasteiger partial charge in [-0.2, -0.15) is 0 Å². The summed E-state index contributed by atoms with van der Waals surface area (Å²) in [5.41, 5.74) is 0. The summed E-state index contributed by atoms with van der Waals surface area (Å²) in [6, 6.07) is 0. The van der Waals surface area contributed by atoms with Crippen molar-refractivity contribution < 1.29 is 4.79 Å². The molecule has 0 spiro atoms. The number of carbonyl (C=O) groups is 1. The zero-order chi connectivity index (χ0) is 9.84. The lowest BCUT2D eigenvalue weighted by molar-refractivity contribution is -0.118. The highest BCUT2D eigenvalue weighted by Crippen LogP contribution is 2.18. The first-order valence-electron chi connectivity index (χ1n) is 4.72. The quantitative estimate of drug-likeness (QED) is 0.710. The van der Waals surface area contributed by atoms with E-state index in [-0.39, 0.29) is 11.7 Å². The van der Waals surface area contributed by atoms with E-state index in [2.05, 4.69) is 11.9 Å². The molecule has 3 nitrogen and oxygen atoms in total. The second-order valence-electron chi connectivity index (χ2n) is 3.14. The van der Waals surface area contributed by atoms with Gasteiger partial charge in [0, 0.05) is 18.9 Å². The second-order valence-corrected chi connectivity index (χ2v) is 3.14. The number of nitrogens with zero attached hydrogens (tertiary/aromatic N) is 2. The first kappa shape index (κ1) is 9.96. The molecule has 1 heterocycles. The van der Waals surface area contributed by atoms with Crippen molar-refractivity contribution >= 4 is 5.78 Å². The van der Waals surface area contributed by atoms with Crippen molar-refractivity contribution in [1.82, 2.24) is 9.55 Å². The SMILES string of the molecule is CCC(C(C)=O)c1nccn1CC. The number of ketones is 1. The maximum absolute atomic E-state index is 11.3. The van der Waals surface area contributed by atoms with Gasteiger partial charge in [-0.15, -0.1) is 0 Å². The molecule has 0 aliphatic rings. The number of carbonyl (C=O) groups excluding carboxylic acids is 1. The minimum Gasteiger partial charge on any atom is -0.335 e. The van der Waals surface area contributed by atoms with Gasteiger partial charge in [0.15, 0.2) is 0 Å². The van der Waals surface area contributed by atoms with E-state index in [9.17, 15) is 4.79 Å². The van der Waals surface area contributed by atoms with Gasteiger partial charge in [-0.3, -0.25) is 4.79 Å². The fraction of sp³-hybridized carbons (Fsp3) is 0.600. The molecule has 13 heavy (non-hydrogen) atoms. The summed E-state index contributed by atoms with van der Waals surface area (Å²) in [4.78, 5) is 15.5. The molecule has 0 saturated carbocycles. The third-order valence-electron chi connectivity index (χ3n) is 2.30.